The summed E-state index contributed by atoms with van der Waals surface area (Å²) in [5, 5.41) is 49.6. The number of likely N-dealkylation sites (N-methyl/N-ethyl adjacent to an activating group) is 1. The lowest BCUT2D eigenvalue weighted by molar-refractivity contribution is -0.319. The van der Waals surface area contributed by atoms with Crippen molar-refractivity contribution in [3.05, 3.63) is 48.8 Å². The molecule has 1 amide bonds. The Bertz CT molecular complexity index is 2030. The zero-order chi connectivity index (χ0) is 53.3. The fourth-order valence-corrected chi connectivity index (χ4v) is 10.8. The van der Waals surface area contributed by atoms with E-state index in [4.69, 9.17) is 37.9 Å². The molecule has 0 aliphatic carbocycles. The van der Waals surface area contributed by atoms with Gasteiger partial charge < -0.3 is 68.5 Å². The van der Waals surface area contributed by atoms with Gasteiger partial charge in [-0.15, -0.1) is 0 Å². The number of Topliss-reactive ketones (excluding diaryl/α,β-unsaturated/α-hetero) is 1. The molecule has 2 aromatic rings. The lowest BCUT2D eigenvalue weighted by Crippen LogP contribution is -2.61. The number of benzene rings is 1. The van der Waals surface area contributed by atoms with Crippen LogP contribution >= 0.6 is 0 Å². The molecule has 0 saturated carbocycles. The van der Waals surface area contributed by atoms with E-state index in [1.165, 1.54) is 28.1 Å². The van der Waals surface area contributed by atoms with Crippen LogP contribution in [0.3, 0.4) is 0 Å². The van der Waals surface area contributed by atoms with E-state index < -0.39 is 114 Å². The van der Waals surface area contributed by atoms with Gasteiger partial charge in [-0.25, -0.2) is 0 Å². The van der Waals surface area contributed by atoms with E-state index in [9.17, 15) is 34.8 Å². The summed E-state index contributed by atoms with van der Waals surface area (Å²) in [6.45, 7) is 18.0. The highest BCUT2D eigenvalue weighted by Gasteiger charge is 2.54. The van der Waals surface area contributed by atoms with Crippen molar-refractivity contribution in [2.75, 3.05) is 41.0 Å². The van der Waals surface area contributed by atoms with Crippen LogP contribution in [0.2, 0.25) is 0 Å². The minimum absolute atomic E-state index is 0.0487. The number of aliphatic hydroxyl groups is 4. The van der Waals surface area contributed by atoms with Gasteiger partial charge in [0.05, 0.1) is 54.2 Å². The van der Waals surface area contributed by atoms with Gasteiger partial charge in [-0.1, -0.05) is 45.9 Å². The Morgan fingerprint density at radius 3 is 2.19 bits per heavy atom. The molecular weight excluding hydrogens is 931 g/mol. The van der Waals surface area contributed by atoms with Gasteiger partial charge in [-0.3, -0.25) is 19.4 Å². The average molecular weight is 1020 g/mol. The van der Waals surface area contributed by atoms with Crippen LogP contribution in [0.15, 0.2) is 48.8 Å². The van der Waals surface area contributed by atoms with E-state index in [1.807, 2.05) is 68.4 Å². The predicted molar refractivity (Wildman–Crippen MR) is 267 cm³/mol. The fraction of sp³-hybridized carbons (Fsp3) is 0.741. The van der Waals surface area contributed by atoms with Crippen molar-refractivity contribution in [2.24, 2.45) is 23.7 Å². The summed E-state index contributed by atoms with van der Waals surface area (Å²) in [7, 11) is 4.82. The van der Waals surface area contributed by atoms with Crippen LogP contribution in [0.1, 0.15) is 108 Å². The number of esters is 1. The molecule has 5 N–H and O–H groups in total. The number of rotatable bonds is 17. The number of hydrogen-bond donors (Lipinski definition) is 5. The van der Waals surface area contributed by atoms with Crippen molar-refractivity contribution >= 4 is 17.7 Å². The van der Waals surface area contributed by atoms with Gasteiger partial charge in [-0.05, 0) is 104 Å². The molecule has 18 heteroatoms. The van der Waals surface area contributed by atoms with Gasteiger partial charge >= 0.3 is 5.97 Å². The second-order valence-electron chi connectivity index (χ2n) is 21.2. The lowest BCUT2D eigenvalue weighted by Gasteiger charge is -2.50. The van der Waals surface area contributed by atoms with E-state index in [0.717, 1.165) is 16.9 Å². The molecular formula is C54H85N3O15. The molecule has 0 radical (unpaired) electrons. The maximum Gasteiger partial charge on any atom is 0.311 e. The van der Waals surface area contributed by atoms with E-state index >= 15 is 0 Å². The van der Waals surface area contributed by atoms with E-state index in [2.05, 4.69) is 10.3 Å². The minimum Gasteiger partial charge on any atom is -0.494 e. The second kappa shape index (κ2) is 25.7. The molecule has 72 heavy (non-hydrogen) atoms. The second-order valence-corrected chi connectivity index (χ2v) is 21.2. The van der Waals surface area contributed by atoms with Gasteiger partial charge in [-0.2, -0.15) is 0 Å². The van der Waals surface area contributed by atoms with Crippen LogP contribution < -0.4 is 10.1 Å². The van der Waals surface area contributed by atoms with Crippen LogP contribution in [0, 0.1) is 23.7 Å². The number of ketones is 1. The van der Waals surface area contributed by atoms with Crippen molar-refractivity contribution in [1.29, 1.82) is 0 Å². The third kappa shape index (κ3) is 14.2. The Balaban J connectivity index is 1.34. The first-order valence-corrected chi connectivity index (χ1v) is 25.7. The average Bonchev–Trinajstić information content (AvgIpc) is 3.36. The molecule has 406 valence electrons. The van der Waals surface area contributed by atoms with Gasteiger partial charge in [0.15, 0.2) is 12.6 Å². The molecule has 5 rings (SSSR count). The highest BCUT2D eigenvalue weighted by molar-refractivity contribution is 5.83. The first-order chi connectivity index (χ1) is 33.9. The number of nitrogens with zero attached hydrogens (tertiary/aromatic N) is 2. The molecule has 3 saturated heterocycles. The highest BCUT2D eigenvalue weighted by Crippen LogP contribution is 2.42. The SMILES string of the molecule is CC[C@H]1OC(=O)[C@H](C)[C@@H](O[C@H]2C[C@@](C)(OC)[C@@H](O)[C@H](C)O2)[C@H](C)[C@@H](O[C@H]2O[C@H](C)C[C@H](N(C)CCC(=O)NCCCOc3ccc(-c4cccnc4)cc3)[C@H]2O)[C@](C)(OC)C[C@@H](C)C(=O)[C@H](C)[C@@H](O)[C@]1(C)O. The summed E-state index contributed by atoms with van der Waals surface area (Å²) < 4.78 is 50.5. The number of nitrogens with one attached hydrogen (secondary N) is 1. The Labute approximate surface area is 426 Å². The molecule has 4 heterocycles. The van der Waals surface area contributed by atoms with Crippen molar-refractivity contribution in [3.63, 3.8) is 0 Å². The summed E-state index contributed by atoms with van der Waals surface area (Å²) in [5.74, 6) is -4.23. The standard InChI is InChI=1S/C54H85N3O15/c1-14-41-54(10,64)47(61)33(4)44(59)31(2)28-53(9,66-13)49(34(5)46(35(6)50(63)70-41)71-43-29-52(8,65-12)48(62)36(7)69-43)72-51-45(60)40(27-32(3)68-51)57(11)25-22-42(58)56-24-16-26-67-39-20-18-37(19-21-39)38-17-15-23-55-30-38/h15,17-21,23,30-36,40-41,43,45-49,51,60-62,64H,14,16,22,24-29H2,1-13H3,(H,56,58)/t31-,32-,33+,34+,35-,36+,40+,41-,43+,45-,46+,47-,48+,49-,51-,52-,53-,54-/m1/s1. The molecule has 0 bridgehead atoms. The summed E-state index contributed by atoms with van der Waals surface area (Å²) >= 11 is 0. The monoisotopic (exact) mass is 1020 g/mol. The third-order valence-electron chi connectivity index (χ3n) is 15.6. The smallest absolute Gasteiger partial charge is 0.311 e. The van der Waals surface area contributed by atoms with Crippen LogP contribution in [-0.4, -0.2) is 173 Å². The number of hydrogen-bond acceptors (Lipinski definition) is 17. The molecule has 3 aliphatic heterocycles. The number of methoxy groups -OCH3 is 2. The first-order valence-electron chi connectivity index (χ1n) is 25.7. The molecule has 1 aromatic carbocycles. The van der Waals surface area contributed by atoms with E-state index in [1.54, 1.807) is 47.7 Å². The van der Waals surface area contributed by atoms with Crippen LogP contribution in [0.4, 0.5) is 0 Å². The van der Waals surface area contributed by atoms with Gasteiger partial charge in [0, 0.05) is 76.3 Å². The van der Waals surface area contributed by atoms with Crippen LogP contribution in [0.5, 0.6) is 5.75 Å². The Hall–Kier alpha value is -3.66. The highest BCUT2D eigenvalue weighted by atomic mass is 16.7. The number of pyridine rings is 1. The number of cyclic esters (lactones) is 1. The number of aliphatic hydroxyl groups excluding tert-OH is 3. The largest absolute Gasteiger partial charge is 0.494 e. The molecule has 0 spiro atoms. The zero-order valence-corrected chi connectivity index (χ0v) is 44.8. The summed E-state index contributed by atoms with van der Waals surface area (Å²) in [6, 6.07) is 11.2. The maximum atomic E-state index is 14.4. The fourth-order valence-electron chi connectivity index (χ4n) is 10.8. The summed E-state index contributed by atoms with van der Waals surface area (Å²) in [6.07, 6.45) is -5.60. The van der Waals surface area contributed by atoms with Gasteiger partial charge in [0.25, 0.3) is 0 Å². The topological polar surface area (TPSA) is 234 Å². The molecule has 1 aromatic heterocycles. The number of aromatic nitrogens is 1. The van der Waals surface area contributed by atoms with Crippen molar-refractivity contribution in [3.8, 4) is 16.9 Å². The molecule has 0 unspecified atom stereocenters. The van der Waals surface area contributed by atoms with E-state index in [-0.39, 0.29) is 37.4 Å². The number of carbonyl (C=O) groups excluding carboxylic acids is 3. The number of amides is 1. The quantitative estimate of drug-likeness (QED) is 0.105. The molecule has 18 atom stereocenters. The Morgan fingerprint density at radius 1 is 0.889 bits per heavy atom. The summed E-state index contributed by atoms with van der Waals surface area (Å²) in [4.78, 5) is 47.8. The van der Waals surface area contributed by atoms with Crippen molar-refractivity contribution in [2.45, 2.75) is 192 Å². The first kappa shape index (κ1) is 59.2. The Morgan fingerprint density at radius 2 is 1.57 bits per heavy atom. The summed E-state index contributed by atoms with van der Waals surface area (Å²) in [5.41, 5.74) is -2.38. The minimum atomic E-state index is -2.01. The van der Waals surface area contributed by atoms with Gasteiger partial charge in [0.1, 0.15) is 35.4 Å². The lowest BCUT2D eigenvalue weighted by atomic mass is 9.74. The van der Waals surface area contributed by atoms with Crippen molar-refractivity contribution in [1.82, 2.24) is 15.2 Å². The number of ether oxygens (including phenoxy) is 8. The van der Waals surface area contributed by atoms with E-state index in [0.29, 0.717) is 32.5 Å². The number of carbonyl (C=O) groups is 3. The molecule has 18 nitrogen and oxygen atoms in total. The molecule has 3 fully saturated rings. The van der Waals surface area contributed by atoms with Crippen molar-refractivity contribution < 1.29 is 72.7 Å². The predicted octanol–water partition coefficient (Wildman–Crippen LogP) is 4.85. The third-order valence-corrected chi connectivity index (χ3v) is 15.6. The van der Waals surface area contributed by atoms with Crippen LogP contribution in [0.25, 0.3) is 11.1 Å². The van der Waals surface area contributed by atoms with Gasteiger partial charge in [0.2, 0.25) is 5.91 Å². The zero-order valence-electron chi connectivity index (χ0n) is 44.8. The normalized spacial score (nSPS) is 38.4. The van der Waals surface area contributed by atoms with Crippen LogP contribution in [-0.2, 0) is 47.5 Å². The maximum absolute atomic E-state index is 14.4. The molecule has 3 aliphatic rings. The Kier molecular flexibility index (Phi) is 21.2.